The first kappa shape index (κ1) is 21.1. The Labute approximate surface area is 148 Å². The Morgan fingerprint density at radius 1 is 0.708 bits per heavy atom. The van der Waals surface area contributed by atoms with Gasteiger partial charge in [-0.25, -0.2) is 0 Å². The maximum Gasteiger partial charge on any atom is 0.167 e. The lowest BCUT2D eigenvalue weighted by molar-refractivity contribution is -1.25. The van der Waals surface area contributed by atoms with Gasteiger partial charge in [0, 0.05) is 5.56 Å². The Morgan fingerprint density at radius 2 is 1.21 bits per heavy atom. The van der Waals surface area contributed by atoms with E-state index in [9.17, 15) is 10.4 Å². The van der Waals surface area contributed by atoms with Crippen LogP contribution in [0, 0.1) is 0 Å². The van der Waals surface area contributed by atoms with E-state index in [2.05, 4.69) is 13.0 Å². The van der Waals surface area contributed by atoms with Crippen molar-refractivity contribution in [3.05, 3.63) is 35.4 Å². The first-order valence-electron chi connectivity index (χ1n) is 9.98. The predicted molar refractivity (Wildman–Crippen MR) is 100 cm³/mol. The van der Waals surface area contributed by atoms with Gasteiger partial charge in [-0.05, 0) is 30.1 Å². The molecule has 0 aliphatic carbocycles. The second-order valence-electron chi connectivity index (χ2n) is 7.05. The Bertz CT molecular complexity index is 432. The molecule has 0 amide bonds. The number of hydrogen-bond donors (Lipinski definition) is 2. The molecule has 0 aliphatic rings. The summed E-state index contributed by atoms with van der Waals surface area (Å²) in [7, 11) is 0. The van der Waals surface area contributed by atoms with E-state index >= 15 is 0 Å². The molecule has 0 aromatic heterocycles. The third-order valence-corrected chi connectivity index (χ3v) is 4.85. The molecule has 0 aliphatic heterocycles. The molecule has 3 nitrogen and oxygen atoms in total. The third kappa shape index (κ3) is 9.41. The van der Waals surface area contributed by atoms with Crippen LogP contribution < -0.4 is 0 Å². The van der Waals surface area contributed by atoms with Gasteiger partial charge in [-0.3, -0.25) is 0 Å². The van der Waals surface area contributed by atoms with Crippen LogP contribution in [0.15, 0.2) is 24.3 Å². The molecule has 0 saturated heterocycles. The minimum absolute atomic E-state index is 0.268. The maximum absolute atomic E-state index is 9.84. The molecular formula is C21H38NO2+. The van der Waals surface area contributed by atoms with Crippen LogP contribution in [0.25, 0.3) is 0 Å². The fourth-order valence-corrected chi connectivity index (χ4v) is 3.14. The molecule has 3 heteroatoms. The number of unbranched alkanes of at least 4 members (excludes halogenated alkanes) is 9. The van der Waals surface area contributed by atoms with Gasteiger partial charge in [0.1, 0.15) is 6.54 Å². The number of hydrogen-bond acceptors (Lipinski definition) is 2. The van der Waals surface area contributed by atoms with E-state index in [1.54, 1.807) is 6.92 Å². The summed E-state index contributed by atoms with van der Waals surface area (Å²) in [5.74, 6) is 0. The van der Waals surface area contributed by atoms with E-state index in [0.717, 1.165) is 12.0 Å². The summed E-state index contributed by atoms with van der Waals surface area (Å²) >= 11 is 0. The highest BCUT2D eigenvalue weighted by molar-refractivity contribution is 5.26. The number of benzene rings is 1. The minimum atomic E-state index is -0.922. The number of aryl methyl sites for hydroxylation is 1. The highest BCUT2D eigenvalue weighted by atomic mass is 16.8. The van der Waals surface area contributed by atoms with Gasteiger partial charge >= 0.3 is 0 Å². The zero-order chi connectivity index (χ0) is 17.7. The number of rotatable bonds is 14. The lowest BCUT2D eigenvalue weighted by Gasteiger charge is -2.21. The van der Waals surface area contributed by atoms with Crippen LogP contribution in [-0.2, 0) is 13.0 Å². The summed E-state index contributed by atoms with van der Waals surface area (Å²) in [6, 6.07) is 8.16. The van der Waals surface area contributed by atoms with Crippen LogP contribution in [-0.4, -0.2) is 21.8 Å². The van der Waals surface area contributed by atoms with Crippen LogP contribution in [0.2, 0.25) is 0 Å². The van der Waals surface area contributed by atoms with Crippen LogP contribution in [0.4, 0.5) is 0 Å². The van der Waals surface area contributed by atoms with E-state index in [0.29, 0.717) is 6.54 Å². The third-order valence-electron chi connectivity index (χ3n) is 4.85. The molecule has 2 N–H and O–H groups in total. The smallest absolute Gasteiger partial charge is 0.167 e. The first-order valence-corrected chi connectivity index (χ1v) is 9.98. The standard InChI is InChI=1S/C21H38NO2/c1-3-5-6-7-8-9-10-11-12-13-16-20-17-14-15-18-21(20)19-22(23,24)4-2/h14-15,17-18,23-24H,3-13,16,19H2,1-2H3/q+1. The number of quaternary nitrogens is 1. The van der Waals surface area contributed by atoms with Crippen molar-refractivity contribution in [1.82, 2.24) is 0 Å². The second kappa shape index (κ2) is 12.5. The van der Waals surface area contributed by atoms with Gasteiger partial charge in [0.15, 0.2) is 6.54 Å². The van der Waals surface area contributed by atoms with Crippen molar-refractivity contribution in [3.8, 4) is 0 Å². The molecule has 24 heavy (non-hydrogen) atoms. The van der Waals surface area contributed by atoms with E-state index in [1.165, 1.54) is 69.8 Å². The predicted octanol–water partition coefficient (Wildman–Crippen LogP) is 6.27. The summed E-state index contributed by atoms with van der Waals surface area (Å²) in [6.45, 7) is 4.61. The zero-order valence-electron chi connectivity index (χ0n) is 15.8. The monoisotopic (exact) mass is 336 g/mol. The lowest BCUT2D eigenvalue weighted by Crippen LogP contribution is -2.40. The van der Waals surface area contributed by atoms with Crippen molar-refractivity contribution in [1.29, 1.82) is 0 Å². The fourth-order valence-electron chi connectivity index (χ4n) is 3.14. The molecule has 0 fully saturated rings. The number of nitrogens with zero attached hydrogens (tertiary/aromatic N) is 1. The highest BCUT2D eigenvalue weighted by Crippen LogP contribution is 2.18. The van der Waals surface area contributed by atoms with E-state index in [1.807, 2.05) is 18.2 Å². The van der Waals surface area contributed by atoms with Crippen molar-refractivity contribution in [2.24, 2.45) is 0 Å². The normalized spacial score (nSPS) is 11.8. The highest BCUT2D eigenvalue weighted by Gasteiger charge is 2.21. The summed E-state index contributed by atoms with van der Waals surface area (Å²) in [4.78, 5) is -0.922. The van der Waals surface area contributed by atoms with E-state index < -0.39 is 4.81 Å². The van der Waals surface area contributed by atoms with Crippen LogP contribution in [0.1, 0.15) is 89.2 Å². The number of hydroxylamine groups is 4. The van der Waals surface area contributed by atoms with Crippen molar-refractivity contribution in [3.63, 3.8) is 0 Å². The Balaban J connectivity index is 2.19. The summed E-state index contributed by atoms with van der Waals surface area (Å²) in [5.41, 5.74) is 2.32. The quantitative estimate of drug-likeness (QED) is 0.239. The first-order chi connectivity index (χ1) is 11.6. The molecule has 1 aromatic carbocycles. The van der Waals surface area contributed by atoms with Gasteiger partial charge in [-0.1, -0.05) is 89.0 Å². The zero-order valence-corrected chi connectivity index (χ0v) is 15.8. The average molecular weight is 337 g/mol. The molecule has 1 rings (SSSR count). The Morgan fingerprint density at radius 3 is 1.75 bits per heavy atom. The van der Waals surface area contributed by atoms with E-state index in [4.69, 9.17) is 0 Å². The lowest BCUT2D eigenvalue weighted by atomic mass is 10.00. The topological polar surface area (TPSA) is 40.5 Å². The van der Waals surface area contributed by atoms with Crippen molar-refractivity contribution in [2.45, 2.75) is 91.0 Å². The SMILES string of the molecule is CCCCCCCCCCCCc1ccccc1C[N+](O)(O)CC. The molecular weight excluding hydrogens is 298 g/mol. The molecule has 1 aromatic rings. The van der Waals surface area contributed by atoms with Crippen LogP contribution in [0.3, 0.4) is 0 Å². The summed E-state index contributed by atoms with van der Waals surface area (Å²) in [6.07, 6.45) is 14.5. The molecule has 0 unspecified atom stereocenters. The molecule has 0 saturated carbocycles. The summed E-state index contributed by atoms with van der Waals surface area (Å²) in [5, 5.41) is 19.7. The second-order valence-corrected chi connectivity index (χ2v) is 7.05. The van der Waals surface area contributed by atoms with Crippen LogP contribution in [0.5, 0.6) is 0 Å². The molecule has 138 valence electrons. The van der Waals surface area contributed by atoms with Crippen molar-refractivity contribution < 1.29 is 15.2 Å². The Hall–Kier alpha value is -0.900. The van der Waals surface area contributed by atoms with Crippen LogP contribution >= 0.6 is 0 Å². The molecule has 0 heterocycles. The van der Waals surface area contributed by atoms with Gasteiger partial charge in [0.05, 0.1) is 0 Å². The van der Waals surface area contributed by atoms with Gasteiger partial charge in [-0.15, -0.1) is 0 Å². The van der Waals surface area contributed by atoms with Gasteiger partial charge in [0.2, 0.25) is 0 Å². The van der Waals surface area contributed by atoms with E-state index in [-0.39, 0.29) is 6.54 Å². The maximum atomic E-state index is 9.84. The van der Waals surface area contributed by atoms with Gasteiger partial charge in [-0.2, -0.15) is 10.4 Å². The Kier molecular flexibility index (Phi) is 11.0. The molecule has 0 atom stereocenters. The van der Waals surface area contributed by atoms with Crippen molar-refractivity contribution >= 4 is 0 Å². The molecule has 0 bridgehead atoms. The summed E-state index contributed by atoms with van der Waals surface area (Å²) < 4.78 is 0. The molecule has 0 spiro atoms. The minimum Gasteiger partial charge on any atom is -0.182 e. The van der Waals surface area contributed by atoms with Gasteiger partial charge in [0.25, 0.3) is 0 Å². The van der Waals surface area contributed by atoms with Gasteiger partial charge < -0.3 is 0 Å². The average Bonchev–Trinajstić information content (AvgIpc) is 2.57. The van der Waals surface area contributed by atoms with Crippen molar-refractivity contribution in [2.75, 3.05) is 6.54 Å². The fraction of sp³-hybridized carbons (Fsp3) is 0.714. The largest absolute Gasteiger partial charge is 0.182 e. The molecule has 0 radical (unpaired) electrons.